The largest absolute Gasteiger partial charge is 0.352 e. The van der Waals surface area contributed by atoms with E-state index in [2.05, 4.69) is 31.7 Å². The van der Waals surface area contributed by atoms with Crippen LogP contribution in [0, 0.1) is 24.2 Å². The van der Waals surface area contributed by atoms with Gasteiger partial charge in [0.25, 0.3) is 0 Å². The van der Waals surface area contributed by atoms with Crippen molar-refractivity contribution in [3.63, 3.8) is 0 Å². The van der Waals surface area contributed by atoms with Crippen molar-refractivity contribution in [2.75, 3.05) is 29.9 Å². The average molecular weight is 413 g/mol. The molecule has 8 nitrogen and oxygen atoms in total. The van der Waals surface area contributed by atoms with Crippen LogP contribution in [0.25, 0.3) is 0 Å². The maximum atomic E-state index is 13.7. The van der Waals surface area contributed by atoms with Crippen molar-refractivity contribution in [2.45, 2.75) is 50.7 Å². The Morgan fingerprint density at radius 1 is 1.33 bits per heavy atom. The van der Waals surface area contributed by atoms with Crippen LogP contribution in [0.15, 0.2) is 18.6 Å². The van der Waals surface area contributed by atoms with Crippen molar-refractivity contribution < 1.29 is 4.39 Å². The first-order chi connectivity index (χ1) is 14.5. The molecule has 0 unspecified atom stereocenters. The highest BCUT2D eigenvalue weighted by molar-refractivity contribution is 5.57. The normalized spacial score (nSPS) is 22.9. The fourth-order valence-corrected chi connectivity index (χ4v) is 4.47. The van der Waals surface area contributed by atoms with E-state index in [-0.39, 0.29) is 5.54 Å². The summed E-state index contributed by atoms with van der Waals surface area (Å²) >= 11 is 0. The first-order valence-corrected chi connectivity index (χ1v) is 10.6. The van der Waals surface area contributed by atoms with E-state index in [0.717, 1.165) is 36.5 Å². The van der Waals surface area contributed by atoms with E-state index in [1.165, 1.54) is 0 Å². The summed E-state index contributed by atoms with van der Waals surface area (Å²) < 4.78 is 15.4. The molecule has 2 atom stereocenters. The second-order valence-corrected chi connectivity index (χ2v) is 8.71. The molecule has 1 saturated carbocycles. The van der Waals surface area contributed by atoms with Gasteiger partial charge in [-0.05, 0) is 38.6 Å². The van der Waals surface area contributed by atoms with Crippen molar-refractivity contribution >= 4 is 17.5 Å². The Balaban J connectivity index is 1.40. The smallest absolute Gasteiger partial charge is 0.229 e. The molecule has 0 aromatic carbocycles. The Morgan fingerprint density at radius 3 is 2.87 bits per heavy atom. The molecule has 1 saturated heterocycles. The first kappa shape index (κ1) is 20.5. The fraction of sp³-hybridized carbons (Fsp3) is 0.619. The second kappa shape index (κ2) is 8.56. The summed E-state index contributed by atoms with van der Waals surface area (Å²) in [6.07, 6.45) is 8.49. The maximum Gasteiger partial charge on any atom is 0.229 e. The number of aromatic nitrogens is 4. The third kappa shape index (κ3) is 4.54. The standard InChI is InChI=1S/C21H29FN8/c1-15-9-24-20(27-18-11-26-29(2)12-18)28-19(15)30-13-21(14-30,6-7-23)25-10-16-4-3-5-17(22)8-16/h9,11-12,16-17,25H,3-6,8,10,13-14H2,1-2H3,(H,24,27,28)/t16-,17-/m1/s1. The van der Waals surface area contributed by atoms with E-state index in [1.54, 1.807) is 10.9 Å². The van der Waals surface area contributed by atoms with Gasteiger partial charge in [-0.1, -0.05) is 6.42 Å². The zero-order valence-corrected chi connectivity index (χ0v) is 17.6. The van der Waals surface area contributed by atoms with E-state index in [1.807, 2.05) is 26.4 Å². The van der Waals surface area contributed by atoms with Gasteiger partial charge in [-0.15, -0.1) is 0 Å². The molecular formula is C21H29FN8. The summed E-state index contributed by atoms with van der Waals surface area (Å²) in [5, 5.41) is 20.3. The van der Waals surface area contributed by atoms with Crippen LogP contribution in [0.2, 0.25) is 0 Å². The average Bonchev–Trinajstić information content (AvgIpc) is 3.10. The van der Waals surface area contributed by atoms with Crippen LogP contribution in [0.3, 0.4) is 0 Å². The number of anilines is 3. The molecule has 30 heavy (non-hydrogen) atoms. The first-order valence-electron chi connectivity index (χ1n) is 10.6. The van der Waals surface area contributed by atoms with E-state index in [0.29, 0.717) is 44.2 Å². The van der Waals surface area contributed by atoms with Gasteiger partial charge < -0.3 is 15.5 Å². The minimum atomic E-state index is -0.676. The number of aryl methyl sites for hydroxylation is 2. The van der Waals surface area contributed by atoms with Crippen molar-refractivity contribution in [1.29, 1.82) is 5.26 Å². The molecule has 1 aliphatic carbocycles. The Bertz CT molecular complexity index is 914. The summed E-state index contributed by atoms with van der Waals surface area (Å²) in [6.45, 7) is 4.17. The molecule has 3 heterocycles. The summed E-state index contributed by atoms with van der Waals surface area (Å²) in [5.74, 6) is 1.74. The molecule has 9 heteroatoms. The molecule has 2 aromatic heterocycles. The van der Waals surface area contributed by atoms with Gasteiger partial charge in [0.2, 0.25) is 5.95 Å². The minimum absolute atomic E-state index is 0.258. The highest BCUT2D eigenvalue weighted by Gasteiger charge is 2.44. The minimum Gasteiger partial charge on any atom is -0.352 e. The van der Waals surface area contributed by atoms with Crippen molar-refractivity contribution in [3.8, 4) is 6.07 Å². The molecule has 0 radical (unpaired) electrons. The van der Waals surface area contributed by atoms with Crippen LogP contribution in [-0.2, 0) is 7.05 Å². The van der Waals surface area contributed by atoms with Crippen LogP contribution >= 0.6 is 0 Å². The van der Waals surface area contributed by atoms with Crippen molar-refractivity contribution in [3.05, 3.63) is 24.2 Å². The van der Waals surface area contributed by atoms with E-state index >= 15 is 0 Å². The zero-order chi connectivity index (χ0) is 21.1. The third-order valence-electron chi connectivity index (χ3n) is 6.09. The fourth-order valence-electron chi connectivity index (χ4n) is 4.47. The zero-order valence-electron chi connectivity index (χ0n) is 17.6. The molecule has 1 aliphatic heterocycles. The molecule has 2 fully saturated rings. The van der Waals surface area contributed by atoms with Crippen LogP contribution in [0.4, 0.5) is 21.8 Å². The number of rotatable bonds is 7. The van der Waals surface area contributed by atoms with Crippen LogP contribution in [-0.4, -0.2) is 51.1 Å². The Morgan fingerprint density at radius 2 is 2.17 bits per heavy atom. The number of alkyl halides is 1. The summed E-state index contributed by atoms with van der Waals surface area (Å²) in [5.41, 5.74) is 1.56. The van der Waals surface area contributed by atoms with Gasteiger partial charge in [-0.2, -0.15) is 15.3 Å². The molecule has 2 aliphatic rings. The SMILES string of the molecule is Cc1cnc(Nc2cnn(C)c2)nc1N1CC(CC#N)(NC[C@@H]2CCC[C@@H](F)C2)C1. The van der Waals surface area contributed by atoms with E-state index in [9.17, 15) is 9.65 Å². The summed E-state index contributed by atoms with van der Waals surface area (Å²) in [4.78, 5) is 11.2. The van der Waals surface area contributed by atoms with Gasteiger partial charge in [-0.3, -0.25) is 4.68 Å². The highest BCUT2D eigenvalue weighted by Crippen LogP contribution is 2.33. The van der Waals surface area contributed by atoms with Crippen LogP contribution in [0.1, 0.15) is 37.7 Å². The lowest BCUT2D eigenvalue weighted by Crippen LogP contribution is -2.70. The summed E-state index contributed by atoms with van der Waals surface area (Å²) in [6, 6.07) is 2.32. The quantitative estimate of drug-likeness (QED) is 0.722. The number of hydrogen-bond donors (Lipinski definition) is 2. The van der Waals surface area contributed by atoms with Gasteiger partial charge in [0, 0.05) is 38.1 Å². The molecule has 0 spiro atoms. The number of hydrogen-bond acceptors (Lipinski definition) is 7. The highest BCUT2D eigenvalue weighted by atomic mass is 19.1. The molecular weight excluding hydrogens is 383 g/mol. The Kier molecular flexibility index (Phi) is 5.86. The lowest BCUT2D eigenvalue weighted by atomic mass is 9.83. The van der Waals surface area contributed by atoms with Gasteiger partial charge in [0.1, 0.15) is 12.0 Å². The molecule has 2 aromatic rings. The number of nitrogens with zero attached hydrogens (tertiary/aromatic N) is 6. The van der Waals surface area contributed by atoms with Gasteiger partial charge in [0.05, 0.1) is 29.9 Å². The summed E-state index contributed by atoms with van der Waals surface area (Å²) in [7, 11) is 1.86. The lowest BCUT2D eigenvalue weighted by molar-refractivity contribution is 0.173. The lowest BCUT2D eigenvalue weighted by Gasteiger charge is -2.51. The second-order valence-electron chi connectivity index (χ2n) is 8.71. The van der Waals surface area contributed by atoms with Crippen molar-refractivity contribution in [2.24, 2.45) is 13.0 Å². The Labute approximate surface area is 176 Å². The number of nitrogens with one attached hydrogen (secondary N) is 2. The van der Waals surface area contributed by atoms with Gasteiger partial charge >= 0.3 is 0 Å². The van der Waals surface area contributed by atoms with Crippen molar-refractivity contribution in [1.82, 2.24) is 25.1 Å². The van der Waals surface area contributed by atoms with Gasteiger partial charge in [0.15, 0.2) is 0 Å². The predicted molar refractivity (Wildman–Crippen MR) is 113 cm³/mol. The Hall–Kier alpha value is -2.73. The maximum absolute atomic E-state index is 13.7. The molecule has 0 bridgehead atoms. The number of halogens is 1. The van der Waals surface area contributed by atoms with Crippen LogP contribution in [0.5, 0.6) is 0 Å². The monoisotopic (exact) mass is 412 g/mol. The van der Waals surface area contributed by atoms with E-state index in [4.69, 9.17) is 4.98 Å². The van der Waals surface area contributed by atoms with Crippen LogP contribution < -0.4 is 15.5 Å². The third-order valence-corrected chi connectivity index (χ3v) is 6.09. The topological polar surface area (TPSA) is 94.7 Å². The number of nitriles is 1. The predicted octanol–water partition coefficient (Wildman–Crippen LogP) is 2.85. The molecule has 160 valence electrons. The molecule has 4 rings (SSSR count). The molecule has 0 amide bonds. The molecule has 2 N–H and O–H groups in total. The van der Waals surface area contributed by atoms with Gasteiger partial charge in [-0.25, -0.2) is 9.37 Å². The van der Waals surface area contributed by atoms with E-state index < -0.39 is 6.17 Å².